The van der Waals surface area contributed by atoms with Gasteiger partial charge in [0.2, 0.25) is 0 Å². The minimum atomic E-state index is 0.0168. The van der Waals surface area contributed by atoms with Gasteiger partial charge in [0.15, 0.2) is 5.96 Å². The number of hydrogen-bond acceptors (Lipinski definition) is 1. The summed E-state index contributed by atoms with van der Waals surface area (Å²) in [5.74, 6) is 0.0168. The molecule has 0 spiro atoms. The minimum Gasteiger partial charge on any atom is -0.370 e. The van der Waals surface area contributed by atoms with Gasteiger partial charge < -0.3 is 11.1 Å². The molecule has 4 N–H and O–H groups in total. The molecule has 46 valence electrons. The summed E-state index contributed by atoms with van der Waals surface area (Å²) >= 11 is 0. The zero-order valence-electron chi connectivity index (χ0n) is 4.94. The van der Waals surface area contributed by atoms with Crippen molar-refractivity contribution in [3.63, 3.8) is 0 Å². The Morgan fingerprint density at radius 1 is 1.88 bits per heavy atom. The number of hydrogen-bond donors (Lipinski definition) is 3. The van der Waals surface area contributed by atoms with E-state index < -0.39 is 0 Å². The lowest BCUT2D eigenvalue weighted by molar-refractivity contribution is 1.01. The fourth-order valence-corrected chi connectivity index (χ4v) is 0.287. The second kappa shape index (κ2) is 4.18. The second-order valence-corrected chi connectivity index (χ2v) is 1.36. The monoisotopic (exact) mass is 113 g/mol. The summed E-state index contributed by atoms with van der Waals surface area (Å²) in [6, 6.07) is 0. The Kier molecular flexibility index (Phi) is 3.66. The molecule has 0 aliphatic carbocycles. The van der Waals surface area contributed by atoms with Crippen LogP contribution in [0.25, 0.3) is 0 Å². The first-order valence-electron chi connectivity index (χ1n) is 2.46. The lowest BCUT2D eigenvalue weighted by Crippen LogP contribution is -2.29. The molecule has 0 saturated carbocycles. The fourth-order valence-electron chi connectivity index (χ4n) is 0.287. The van der Waals surface area contributed by atoms with Crippen LogP contribution in [0.15, 0.2) is 12.2 Å². The Morgan fingerprint density at radius 3 is 2.88 bits per heavy atom. The number of nitrogens with two attached hydrogens (primary N) is 1. The lowest BCUT2D eigenvalue weighted by Gasteiger charge is -1.95. The summed E-state index contributed by atoms with van der Waals surface area (Å²) in [5.41, 5.74) is 4.97. The van der Waals surface area contributed by atoms with Gasteiger partial charge in [-0.15, -0.1) is 0 Å². The van der Waals surface area contributed by atoms with Crippen molar-refractivity contribution in [1.82, 2.24) is 5.32 Å². The van der Waals surface area contributed by atoms with Gasteiger partial charge in [-0.05, 0) is 6.92 Å². The molecule has 0 aromatic carbocycles. The van der Waals surface area contributed by atoms with E-state index in [9.17, 15) is 0 Å². The maximum absolute atomic E-state index is 6.71. The first-order valence-corrected chi connectivity index (χ1v) is 2.46. The van der Waals surface area contributed by atoms with Crippen molar-refractivity contribution in [1.29, 1.82) is 5.41 Å². The first kappa shape index (κ1) is 7.01. The largest absolute Gasteiger partial charge is 0.370 e. The van der Waals surface area contributed by atoms with Gasteiger partial charge in [0.1, 0.15) is 0 Å². The quantitative estimate of drug-likeness (QED) is 0.269. The van der Waals surface area contributed by atoms with Crippen molar-refractivity contribution in [2.24, 2.45) is 5.73 Å². The fraction of sp³-hybridized carbons (Fsp3) is 0.400. The molecule has 3 nitrogen and oxygen atoms in total. The average Bonchev–Trinajstić information content (AvgIpc) is 1.66. The van der Waals surface area contributed by atoms with E-state index in [2.05, 4.69) is 5.32 Å². The van der Waals surface area contributed by atoms with Crippen LogP contribution in [-0.4, -0.2) is 12.5 Å². The molecule has 0 saturated heterocycles. The highest BCUT2D eigenvalue weighted by Crippen LogP contribution is 1.63. The Labute approximate surface area is 49.1 Å². The SMILES string of the molecule is C/C=C\CNC(=N)N. The van der Waals surface area contributed by atoms with Crippen LogP contribution in [0.4, 0.5) is 0 Å². The molecule has 3 heteroatoms. The minimum absolute atomic E-state index is 0.0168. The third-order valence-corrected chi connectivity index (χ3v) is 0.646. The summed E-state index contributed by atoms with van der Waals surface area (Å²) < 4.78 is 0. The van der Waals surface area contributed by atoms with Gasteiger partial charge in [-0.25, -0.2) is 0 Å². The van der Waals surface area contributed by atoms with Crippen LogP contribution in [0, 0.1) is 5.41 Å². The van der Waals surface area contributed by atoms with Crippen LogP contribution in [0.2, 0.25) is 0 Å². The number of guanidine groups is 1. The van der Waals surface area contributed by atoms with Gasteiger partial charge in [0.25, 0.3) is 0 Å². The van der Waals surface area contributed by atoms with E-state index >= 15 is 0 Å². The number of rotatable bonds is 2. The zero-order chi connectivity index (χ0) is 6.41. The maximum atomic E-state index is 6.71. The van der Waals surface area contributed by atoms with Crippen LogP contribution in [0.5, 0.6) is 0 Å². The van der Waals surface area contributed by atoms with Crippen LogP contribution >= 0.6 is 0 Å². The van der Waals surface area contributed by atoms with Gasteiger partial charge >= 0.3 is 0 Å². The van der Waals surface area contributed by atoms with Gasteiger partial charge in [-0.3, -0.25) is 5.41 Å². The third-order valence-electron chi connectivity index (χ3n) is 0.646. The summed E-state index contributed by atoms with van der Waals surface area (Å²) in [6.07, 6.45) is 3.79. The van der Waals surface area contributed by atoms with Crippen molar-refractivity contribution in [3.8, 4) is 0 Å². The molecular formula is C5H11N3. The van der Waals surface area contributed by atoms with Crippen LogP contribution in [-0.2, 0) is 0 Å². The molecule has 0 bridgehead atoms. The topological polar surface area (TPSA) is 61.9 Å². The van der Waals surface area contributed by atoms with E-state index in [4.69, 9.17) is 11.1 Å². The molecule has 0 fully saturated rings. The van der Waals surface area contributed by atoms with Crippen LogP contribution in [0.3, 0.4) is 0 Å². The predicted octanol–water partition coefficient (Wildman–Crippen LogP) is 0.0456. The van der Waals surface area contributed by atoms with E-state index in [1.807, 2.05) is 19.1 Å². The molecule has 0 rings (SSSR count). The second-order valence-electron chi connectivity index (χ2n) is 1.36. The van der Waals surface area contributed by atoms with E-state index in [0.29, 0.717) is 6.54 Å². The van der Waals surface area contributed by atoms with Crippen molar-refractivity contribution >= 4 is 5.96 Å². The predicted molar refractivity (Wildman–Crippen MR) is 34.7 cm³/mol. The highest BCUT2D eigenvalue weighted by atomic mass is 15.0. The summed E-state index contributed by atoms with van der Waals surface area (Å²) in [7, 11) is 0. The number of nitrogens with one attached hydrogen (secondary N) is 2. The van der Waals surface area contributed by atoms with Crippen LogP contribution in [0.1, 0.15) is 6.92 Å². The van der Waals surface area contributed by atoms with E-state index in [1.165, 1.54) is 0 Å². The Hall–Kier alpha value is -0.990. The van der Waals surface area contributed by atoms with Crippen molar-refractivity contribution in [3.05, 3.63) is 12.2 Å². The standard InChI is InChI=1S/C5H11N3/c1-2-3-4-8-5(6)7/h2-3H,4H2,1H3,(H4,6,7,8)/b3-2-. The lowest BCUT2D eigenvalue weighted by atomic mass is 10.5. The molecule has 0 aliphatic rings. The molecule has 0 heterocycles. The van der Waals surface area contributed by atoms with Crippen molar-refractivity contribution < 1.29 is 0 Å². The molecule has 0 atom stereocenters. The number of allylic oxidation sites excluding steroid dienone is 1. The van der Waals surface area contributed by atoms with Gasteiger partial charge in [-0.2, -0.15) is 0 Å². The molecule has 0 unspecified atom stereocenters. The highest BCUT2D eigenvalue weighted by Gasteiger charge is 1.77. The van der Waals surface area contributed by atoms with Crippen LogP contribution < -0.4 is 11.1 Å². The van der Waals surface area contributed by atoms with E-state index in [1.54, 1.807) is 0 Å². The zero-order valence-corrected chi connectivity index (χ0v) is 4.94. The first-order chi connectivity index (χ1) is 3.77. The Bertz CT molecular complexity index is 95.8. The maximum Gasteiger partial charge on any atom is 0.185 e. The molecule has 0 aliphatic heterocycles. The Balaban J connectivity index is 3.05. The Morgan fingerprint density at radius 2 is 2.50 bits per heavy atom. The van der Waals surface area contributed by atoms with E-state index in [-0.39, 0.29) is 5.96 Å². The highest BCUT2D eigenvalue weighted by molar-refractivity contribution is 5.74. The normalized spacial score (nSPS) is 9.62. The molecule has 0 aromatic rings. The van der Waals surface area contributed by atoms with Gasteiger partial charge in [0, 0.05) is 6.54 Å². The summed E-state index contributed by atoms with van der Waals surface area (Å²) in [6.45, 7) is 2.56. The third kappa shape index (κ3) is 5.01. The molecule has 0 amide bonds. The molecule has 8 heavy (non-hydrogen) atoms. The smallest absolute Gasteiger partial charge is 0.185 e. The van der Waals surface area contributed by atoms with Crippen molar-refractivity contribution in [2.75, 3.05) is 6.54 Å². The molecule has 0 radical (unpaired) electrons. The molecule has 0 aromatic heterocycles. The van der Waals surface area contributed by atoms with Gasteiger partial charge in [0.05, 0.1) is 0 Å². The summed E-state index contributed by atoms with van der Waals surface area (Å²) in [5, 5.41) is 9.33. The van der Waals surface area contributed by atoms with Crippen molar-refractivity contribution in [2.45, 2.75) is 6.92 Å². The summed E-state index contributed by atoms with van der Waals surface area (Å²) in [4.78, 5) is 0. The van der Waals surface area contributed by atoms with E-state index in [0.717, 1.165) is 0 Å². The van der Waals surface area contributed by atoms with Gasteiger partial charge in [-0.1, -0.05) is 12.2 Å². The average molecular weight is 113 g/mol. The molecular weight excluding hydrogens is 102 g/mol.